The van der Waals surface area contributed by atoms with Gasteiger partial charge in [0, 0.05) is 24.3 Å². The molecule has 0 saturated carbocycles. The molecular formula is C23H27ClFN3O4. The molecule has 1 fully saturated rings. The van der Waals surface area contributed by atoms with Gasteiger partial charge in [-0.05, 0) is 74.4 Å². The van der Waals surface area contributed by atoms with Gasteiger partial charge < -0.3 is 15.7 Å². The topological polar surface area (TPSA) is 98.7 Å². The summed E-state index contributed by atoms with van der Waals surface area (Å²) in [6, 6.07) is 10.0. The lowest BCUT2D eigenvalue weighted by Crippen LogP contribution is -2.30. The molecule has 0 bridgehead atoms. The largest absolute Gasteiger partial charge is 0.476 e. The highest BCUT2D eigenvalue weighted by atomic mass is 35.5. The Hall–Kier alpha value is -2.81. The fourth-order valence-corrected chi connectivity index (χ4v) is 3.53. The number of piperidine rings is 1. The molecule has 0 atom stereocenters. The van der Waals surface area contributed by atoms with E-state index in [2.05, 4.69) is 15.5 Å². The van der Waals surface area contributed by atoms with Crippen molar-refractivity contribution in [2.45, 2.75) is 32.4 Å². The highest BCUT2D eigenvalue weighted by molar-refractivity contribution is 6.30. The number of carbonyl (C=O) groups excluding carboxylic acids is 2. The first-order valence-corrected chi connectivity index (χ1v) is 10.6. The molecule has 9 heteroatoms. The second-order valence-electron chi connectivity index (χ2n) is 7.39. The van der Waals surface area contributed by atoms with Gasteiger partial charge in [-0.15, -0.1) is 0 Å². The number of likely N-dealkylation sites (tertiary alicyclic amines) is 1. The van der Waals surface area contributed by atoms with Gasteiger partial charge in [-0.25, -0.2) is 9.18 Å². The number of nitrogens with zero attached hydrogens (tertiary/aromatic N) is 1. The van der Waals surface area contributed by atoms with Crippen LogP contribution in [0.1, 0.15) is 40.7 Å². The Labute approximate surface area is 191 Å². The van der Waals surface area contributed by atoms with Gasteiger partial charge in [0.05, 0.1) is 5.02 Å². The van der Waals surface area contributed by atoms with Crippen molar-refractivity contribution in [3.8, 4) is 0 Å². The molecule has 3 N–H and O–H groups in total. The van der Waals surface area contributed by atoms with E-state index < -0.39 is 11.8 Å². The third kappa shape index (κ3) is 8.03. The lowest BCUT2D eigenvalue weighted by molar-refractivity contribution is -0.143. The normalized spacial score (nSPS) is 13.6. The molecule has 1 aliphatic rings. The molecule has 2 aromatic carbocycles. The molecule has 172 valence electrons. The molecule has 1 heterocycles. The summed E-state index contributed by atoms with van der Waals surface area (Å²) in [5, 5.41) is 13.3. The highest BCUT2D eigenvalue weighted by Crippen LogP contribution is 2.21. The van der Waals surface area contributed by atoms with E-state index in [1.165, 1.54) is 37.0 Å². The second-order valence-corrected chi connectivity index (χ2v) is 7.80. The Morgan fingerprint density at radius 2 is 1.81 bits per heavy atom. The summed E-state index contributed by atoms with van der Waals surface area (Å²) in [5.74, 6) is -2.23. The average molecular weight is 464 g/mol. The van der Waals surface area contributed by atoms with E-state index in [1.807, 2.05) is 25.2 Å². The number of amides is 1. The van der Waals surface area contributed by atoms with Crippen molar-refractivity contribution in [2.75, 3.05) is 25.5 Å². The minimum Gasteiger partial charge on any atom is -0.476 e. The van der Waals surface area contributed by atoms with Crippen LogP contribution in [-0.2, 0) is 22.7 Å². The number of aliphatic carboxylic acids is 1. The number of hydrogen-bond acceptors (Lipinski definition) is 5. The van der Waals surface area contributed by atoms with E-state index in [4.69, 9.17) is 26.3 Å². The number of halogens is 2. The van der Waals surface area contributed by atoms with Gasteiger partial charge in [0.25, 0.3) is 5.91 Å². The summed E-state index contributed by atoms with van der Waals surface area (Å²) in [4.78, 5) is 33.0. The molecule has 1 aliphatic heterocycles. The Balaban J connectivity index is 0.000000654. The number of hydrogen-bond donors (Lipinski definition) is 3. The molecule has 1 saturated heterocycles. The lowest BCUT2D eigenvalue weighted by atomic mass is 10.0. The molecule has 0 radical (unpaired) electrons. The molecule has 1 amide bonds. The summed E-state index contributed by atoms with van der Waals surface area (Å²) in [6.45, 7) is 3.79. The summed E-state index contributed by atoms with van der Waals surface area (Å²) < 4.78 is 13.6. The summed E-state index contributed by atoms with van der Waals surface area (Å²) in [5.41, 5.74) is 3.30. The molecular weight excluding hydrogens is 437 g/mol. The maximum absolute atomic E-state index is 13.6. The second kappa shape index (κ2) is 12.9. The summed E-state index contributed by atoms with van der Waals surface area (Å²) in [7, 11) is 1.92. The van der Waals surface area contributed by atoms with Crippen molar-refractivity contribution in [2.24, 2.45) is 0 Å². The molecule has 2 aromatic rings. The fourth-order valence-electron chi connectivity index (χ4n) is 3.41. The first-order valence-electron chi connectivity index (χ1n) is 10.3. The van der Waals surface area contributed by atoms with E-state index in [1.54, 1.807) is 6.07 Å². The zero-order chi connectivity index (χ0) is 23.5. The number of nitrogens with one attached hydrogen (secondary N) is 2. The fraction of sp³-hybridized carbons (Fsp3) is 0.348. The van der Waals surface area contributed by atoms with Crippen LogP contribution >= 0.6 is 11.6 Å². The lowest BCUT2D eigenvalue weighted by Gasteiger charge is -2.27. The first kappa shape index (κ1) is 25.5. The van der Waals surface area contributed by atoms with Crippen molar-refractivity contribution in [1.82, 2.24) is 10.2 Å². The number of aldehydes is 1. The van der Waals surface area contributed by atoms with Crippen molar-refractivity contribution in [1.29, 1.82) is 0 Å². The zero-order valence-corrected chi connectivity index (χ0v) is 18.6. The Morgan fingerprint density at radius 1 is 1.12 bits per heavy atom. The number of carboxylic acid groups (broad SMARTS) is 1. The highest BCUT2D eigenvalue weighted by Gasteiger charge is 2.15. The van der Waals surface area contributed by atoms with Crippen LogP contribution in [0, 0.1) is 5.82 Å². The predicted octanol–water partition coefficient (Wildman–Crippen LogP) is 3.71. The number of anilines is 1. The van der Waals surface area contributed by atoms with E-state index >= 15 is 0 Å². The standard InChI is InChI=1S/C21H25ClFN3O.C2H2O3/c1-24-13-16-6-5-15(11-17(16)14-26-9-3-2-4-10-26)21(27)25-18-7-8-19(22)20(23)12-18;3-1-2(4)5/h5-8,11-12,24H,2-4,9-10,13-14H2,1H3,(H,25,27);1H,(H,4,5). The minimum absolute atomic E-state index is 0.0354. The van der Waals surface area contributed by atoms with Crippen LogP contribution < -0.4 is 10.6 Å². The maximum atomic E-state index is 13.6. The number of rotatable bonds is 7. The Morgan fingerprint density at radius 3 is 2.41 bits per heavy atom. The van der Waals surface area contributed by atoms with E-state index in [0.29, 0.717) is 11.3 Å². The molecule has 0 spiro atoms. The van der Waals surface area contributed by atoms with Crippen molar-refractivity contribution in [3.05, 3.63) is 63.9 Å². The Kier molecular flexibility index (Phi) is 10.3. The van der Waals surface area contributed by atoms with E-state index in [0.717, 1.165) is 31.7 Å². The third-order valence-electron chi connectivity index (χ3n) is 4.96. The molecule has 0 aromatic heterocycles. The van der Waals surface area contributed by atoms with Crippen molar-refractivity contribution < 1.29 is 23.9 Å². The summed E-state index contributed by atoms with van der Waals surface area (Å²) in [6.07, 6.45) is 3.58. The van der Waals surface area contributed by atoms with E-state index in [-0.39, 0.29) is 17.2 Å². The SMILES string of the molecule is CNCc1ccc(C(=O)Nc2ccc(Cl)c(F)c2)cc1CN1CCCCC1.O=CC(=O)O. The van der Waals surface area contributed by atoms with Crippen molar-refractivity contribution >= 4 is 35.5 Å². The van der Waals surface area contributed by atoms with Gasteiger partial charge in [0.2, 0.25) is 6.29 Å². The van der Waals surface area contributed by atoms with Gasteiger partial charge >= 0.3 is 5.97 Å². The average Bonchev–Trinajstić information content (AvgIpc) is 2.78. The number of carboxylic acids is 1. The predicted molar refractivity (Wildman–Crippen MR) is 121 cm³/mol. The van der Waals surface area contributed by atoms with Crippen LogP contribution in [0.3, 0.4) is 0 Å². The first-order chi connectivity index (χ1) is 15.3. The molecule has 0 unspecified atom stereocenters. The third-order valence-corrected chi connectivity index (χ3v) is 5.26. The summed E-state index contributed by atoms with van der Waals surface area (Å²) >= 11 is 5.70. The quantitative estimate of drug-likeness (QED) is 0.427. The van der Waals surface area contributed by atoms with Gasteiger partial charge in [-0.3, -0.25) is 14.5 Å². The number of benzene rings is 2. The maximum Gasteiger partial charge on any atom is 0.368 e. The number of carbonyl (C=O) groups is 3. The van der Waals surface area contributed by atoms with Crippen LogP contribution in [0.2, 0.25) is 5.02 Å². The van der Waals surface area contributed by atoms with Crippen LogP contribution in [0.25, 0.3) is 0 Å². The van der Waals surface area contributed by atoms with Gasteiger partial charge in [-0.2, -0.15) is 0 Å². The van der Waals surface area contributed by atoms with Crippen LogP contribution in [0.5, 0.6) is 0 Å². The monoisotopic (exact) mass is 463 g/mol. The van der Waals surface area contributed by atoms with E-state index in [9.17, 15) is 9.18 Å². The molecule has 7 nitrogen and oxygen atoms in total. The molecule has 32 heavy (non-hydrogen) atoms. The minimum atomic E-state index is -1.43. The van der Waals surface area contributed by atoms with Crippen LogP contribution in [0.4, 0.5) is 10.1 Å². The van der Waals surface area contributed by atoms with Crippen LogP contribution in [0.15, 0.2) is 36.4 Å². The molecule has 0 aliphatic carbocycles. The van der Waals surface area contributed by atoms with Gasteiger partial charge in [0.15, 0.2) is 0 Å². The Bertz CT molecular complexity index is 949. The zero-order valence-electron chi connectivity index (χ0n) is 17.9. The van der Waals surface area contributed by atoms with Crippen molar-refractivity contribution in [3.63, 3.8) is 0 Å². The van der Waals surface area contributed by atoms with Crippen LogP contribution in [-0.4, -0.2) is 48.3 Å². The van der Waals surface area contributed by atoms with Gasteiger partial charge in [0.1, 0.15) is 5.82 Å². The smallest absolute Gasteiger partial charge is 0.368 e. The molecule has 3 rings (SSSR count). The van der Waals surface area contributed by atoms with Gasteiger partial charge in [-0.1, -0.05) is 24.1 Å².